The molecule has 0 aromatic rings. The van der Waals surface area contributed by atoms with E-state index in [0.717, 1.165) is 0 Å². The van der Waals surface area contributed by atoms with E-state index in [1.165, 1.54) is 0 Å². The van der Waals surface area contributed by atoms with Crippen LogP contribution in [-0.2, 0) is 4.74 Å². The highest BCUT2D eigenvalue weighted by Gasteiger charge is 2.25. The Morgan fingerprint density at radius 1 is 1.43 bits per heavy atom. The fourth-order valence-electron chi connectivity index (χ4n) is 0.828. The van der Waals surface area contributed by atoms with Crippen LogP contribution in [0.4, 0.5) is 13.2 Å². The average Bonchev–Trinajstić information content (AvgIpc) is 2.09. The Labute approximate surface area is 81.2 Å². The van der Waals surface area contributed by atoms with Gasteiger partial charge in [-0.3, -0.25) is 0 Å². The molecule has 0 heterocycles. The van der Waals surface area contributed by atoms with Crippen LogP contribution in [0, 0.1) is 0 Å². The Balaban J connectivity index is 3.29. The number of alkyl halides is 3. The Bertz CT molecular complexity index is 137. The predicted molar refractivity (Wildman–Crippen MR) is 46.0 cm³/mol. The van der Waals surface area contributed by atoms with Crippen LogP contribution in [0.1, 0.15) is 12.8 Å². The number of hydrogen-bond acceptors (Lipinski definition) is 3. The number of aliphatic hydroxyl groups excluding tert-OH is 1. The smallest absolute Gasteiger partial charge is 0.389 e. The first kappa shape index (κ1) is 13.7. The minimum absolute atomic E-state index is 0.0363. The van der Waals surface area contributed by atoms with Gasteiger partial charge in [0.15, 0.2) is 0 Å². The second kappa shape index (κ2) is 7.03. The average molecular weight is 215 g/mol. The Hall–Kier alpha value is -0.330. The largest absolute Gasteiger partial charge is 0.395 e. The van der Waals surface area contributed by atoms with Crippen LogP contribution < -0.4 is 5.32 Å². The van der Waals surface area contributed by atoms with Crippen molar-refractivity contribution in [3.05, 3.63) is 0 Å². The molecule has 6 heteroatoms. The monoisotopic (exact) mass is 215 g/mol. The predicted octanol–water partition coefficient (Wildman–Crippen LogP) is 0.926. The van der Waals surface area contributed by atoms with Gasteiger partial charge in [-0.25, -0.2) is 0 Å². The number of ether oxygens (including phenoxy) is 1. The van der Waals surface area contributed by atoms with E-state index in [0.29, 0.717) is 0 Å². The van der Waals surface area contributed by atoms with Crippen molar-refractivity contribution >= 4 is 0 Å². The Kier molecular flexibility index (Phi) is 6.86. The molecule has 0 spiro atoms. The van der Waals surface area contributed by atoms with Crippen LogP contribution in [0.5, 0.6) is 0 Å². The lowest BCUT2D eigenvalue weighted by atomic mass is 10.3. The molecule has 0 saturated carbocycles. The van der Waals surface area contributed by atoms with Crippen molar-refractivity contribution < 1.29 is 23.0 Å². The zero-order valence-corrected chi connectivity index (χ0v) is 8.10. The van der Waals surface area contributed by atoms with Crippen LogP contribution in [-0.4, -0.2) is 44.2 Å². The summed E-state index contributed by atoms with van der Waals surface area (Å²) in [5.74, 6) is 0. The van der Waals surface area contributed by atoms with Gasteiger partial charge in [0.1, 0.15) is 0 Å². The molecule has 0 aromatic carbocycles. The maximum atomic E-state index is 11.7. The molecule has 0 fully saturated rings. The maximum absolute atomic E-state index is 11.7. The molecule has 0 radical (unpaired) electrons. The summed E-state index contributed by atoms with van der Waals surface area (Å²) in [6, 6.07) is -0.208. The third-order valence-electron chi connectivity index (χ3n) is 1.70. The Morgan fingerprint density at radius 2 is 2.07 bits per heavy atom. The maximum Gasteiger partial charge on any atom is 0.389 e. The van der Waals surface area contributed by atoms with Gasteiger partial charge in [-0.15, -0.1) is 0 Å². The summed E-state index contributed by atoms with van der Waals surface area (Å²) in [5.41, 5.74) is 0. The summed E-state index contributed by atoms with van der Waals surface area (Å²) in [6.07, 6.45) is -4.97. The molecule has 14 heavy (non-hydrogen) atoms. The van der Waals surface area contributed by atoms with Gasteiger partial charge in [0.05, 0.1) is 19.3 Å². The van der Waals surface area contributed by atoms with E-state index in [9.17, 15) is 13.2 Å². The summed E-state index contributed by atoms with van der Waals surface area (Å²) >= 11 is 0. The molecule has 0 aliphatic rings. The fraction of sp³-hybridized carbons (Fsp3) is 1.00. The van der Waals surface area contributed by atoms with Crippen molar-refractivity contribution in [3.63, 3.8) is 0 Å². The third kappa shape index (κ3) is 8.28. The first-order valence-electron chi connectivity index (χ1n) is 4.42. The van der Waals surface area contributed by atoms with Gasteiger partial charge >= 0.3 is 6.18 Å². The van der Waals surface area contributed by atoms with Gasteiger partial charge in [-0.1, -0.05) is 0 Å². The fourth-order valence-corrected chi connectivity index (χ4v) is 0.828. The summed E-state index contributed by atoms with van der Waals surface area (Å²) in [6.45, 7) is 0.207. The molecule has 3 nitrogen and oxygen atoms in total. The van der Waals surface area contributed by atoms with Crippen molar-refractivity contribution in [2.75, 3.05) is 26.9 Å². The highest BCUT2D eigenvalue weighted by Crippen LogP contribution is 2.20. The van der Waals surface area contributed by atoms with Gasteiger partial charge in [0.2, 0.25) is 0 Å². The second-order valence-corrected chi connectivity index (χ2v) is 2.96. The van der Waals surface area contributed by atoms with E-state index in [1.54, 1.807) is 7.05 Å². The van der Waals surface area contributed by atoms with Crippen LogP contribution in [0.2, 0.25) is 0 Å². The molecule has 86 valence electrons. The molecule has 0 aromatic heterocycles. The van der Waals surface area contributed by atoms with Crippen LogP contribution in [0.15, 0.2) is 0 Å². The standard InChI is InChI=1S/C8H16F3NO2/c1-12-7(5-13)6-14-4-2-3-8(9,10)11/h7,12-13H,2-6H2,1H3. The van der Waals surface area contributed by atoms with Crippen molar-refractivity contribution in [2.24, 2.45) is 0 Å². The quantitative estimate of drug-likeness (QED) is 0.621. The number of likely N-dealkylation sites (N-methyl/N-ethyl adjacent to an activating group) is 1. The lowest BCUT2D eigenvalue weighted by Gasteiger charge is -2.13. The molecule has 0 aliphatic heterocycles. The number of aliphatic hydroxyl groups is 1. The van der Waals surface area contributed by atoms with E-state index in [4.69, 9.17) is 9.84 Å². The van der Waals surface area contributed by atoms with E-state index >= 15 is 0 Å². The van der Waals surface area contributed by atoms with E-state index in [2.05, 4.69) is 5.32 Å². The topological polar surface area (TPSA) is 41.5 Å². The molecular formula is C8H16F3NO2. The SMILES string of the molecule is CNC(CO)COCCCC(F)(F)F. The lowest BCUT2D eigenvalue weighted by molar-refractivity contribution is -0.138. The van der Waals surface area contributed by atoms with E-state index in [1.807, 2.05) is 0 Å². The molecule has 0 aliphatic carbocycles. The third-order valence-corrected chi connectivity index (χ3v) is 1.70. The normalized spacial score (nSPS) is 14.4. The number of hydrogen-bond donors (Lipinski definition) is 2. The molecule has 0 rings (SSSR count). The van der Waals surface area contributed by atoms with Gasteiger partial charge in [-0.05, 0) is 13.5 Å². The van der Waals surface area contributed by atoms with Gasteiger partial charge in [0.25, 0.3) is 0 Å². The zero-order valence-electron chi connectivity index (χ0n) is 8.10. The number of rotatable bonds is 7. The molecule has 1 unspecified atom stereocenters. The van der Waals surface area contributed by atoms with Crippen LogP contribution in [0.3, 0.4) is 0 Å². The highest BCUT2D eigenvalue weighted by molar-refractivity contribution is 4.60. The minimum Gasteiger partial charge on any atom is -0.395 e. The summed E-state index contributed by atoms with van der Waals surface area (Å²) < 4.78 is 39.9. The summed E-state index contributed by atoms with van der Waals surface area (Å²) in [4.78, 5) is 0. The van der Waals surface area contributed by atoms with Crippen molar-refractivity contribution in [1.82, 2.24) is 5.32 Å². The van der Waals surface area contributed by atoms with Crippen molar-refractivity contribution in [2.45, 2.75) is 25.1 Å². The van der Waals surface area contributed by atoms with E-state index < -0.39 is 12.6 Å². The first-order chi connectivity index (χ1) is 6.49. The van der Waals surface area contributed by atoms with Crippen LogP contribution >= 0.6 is 0 Å². The molecule has 2 N–H and O–H groups in total. The molecule has 0 bridgehead atoms. The lowest BCUT2D eigenvalue weighted by Crippen LogP contribution is -2.33. The highest BCUT2D eigenvalue weighted by atomic mass is 19.4. The van der Waals surface area contributed by atoms with Crippen molar-refractivity contribution in [3.8, 4) is 0 Å². The second-order valence-electron chi connectivity index (χ2n) is 2.96. The summed E-state index contributed by atoms with van der Waals surface area (Å²) in [7, 11) is 1.65. The zero-order chi connectivity index (χ0) is 11.0. The number of halogens is 3. The molecule has 1 atom stereocenters. The molecule has 0 amide bonds. The Morgan fingerprint density at radius 3 is 2.50 bits per heavy atom. The number of nitrogens with one attached hydrogen (secondary N) is 1. The van der Waals surface area contributed by atoms with Gasteiger partial charge in [0, 0.05) is 13.0 Å². The van der Waals surface area contributed by atoms with Gasteiger partial charge in [-0.2, -0.15) is 13.2 Å². The summed E-state index contributed by atoms with van der Waals surface area (Å²) in [5, 5.41) is 11.5. The molecular weight excluding hydrogens is 199 g/mol. The minimum atomic E-state index is -4.11. The van der Waals surface area contributed by atoms with E-state index in [-0.39, 0.29) is 32.3 Å². The first-order valence-corrected chi connectivity index (χ1v) is 4.42. The van der Waals surface area contributed by atoms with Gasteiger partial charge < -0.3 is 15.2 Å². The van der Waals surface area contributed by atoms with Crippen molar-refractivity contribution in [1.29, 1.82) is 0 Å². The molecule has 0 saturated heterocycles. The van der Waals surface area contributed by atoms with Crippen LogP contribution in [0.25, 0.3) is 0 Å².